The molecule has 14 heavy (non-hydrogen) atoms. The molecule has 1 fully saturated rings. The lowest BCUT2D eigenvalue weighted by Crippen LogP contribution is -2.16. The minimum Gasteiger partial charge on any atom is -0.247 e. The molecule has 0 saturated heterocycles. The van der Waals surface area contributed by atoms with Crippen molar-refractivity contribution in [3.8, 4) is 6.07 Å². The Bertz CT molecular complexity index is 356. The number of aryl methyl sites for hydroxylation is 1. The van der Waals surface area contributed by atoms with Gasteiger partial charge in [-0.3, -0.25) is 0 Å². The maximum absolute atomic E-state index is 9.21. The lowest BCUT2D eigenvalue weighted by atomic mass is 9.85. The zero-order chi connectivity index (χ0) is 10.0. The Balaban J connectivity index is 2.13. The quantitative estimate of drug-likeness (QED) is 0.745. The monoisotopic (exact) mass is 206 g/mol. The first-order chi connectivity index (χ1) is 6.74. The highest BCUT2D eigenvalue weighted by Gasteiger charge is 2.34. The fourth-order valence-electron chi connectivity index (χ4n) is 2.15. The molecule has 0 unspecified atom stereocenters. The molecule has 0 spiro atoms. The first kappa shape index (κ1) is 9.67. The van der Waals surface area contributed by atoms with Crippen LogP contribution in [0.25, 0.3) is 0 Å². The summed E-state index contributed by atoms with van der Waals surface area (Å²) in [6.07, 6.45) is 5.39. The van der Waals surface area contributed by atoms with Crippen LogP contribution in [0.3, 0.4) is 0 Å². The van der Waals surface area contributed by atoms with Crippen molar-refractivity contribution in [1.82, 2.24) is 4.98 Å². The van der Waals surface area contributed by atoms with Crippen LogP contribution in [0.4, 0.5) is 0 Å². The molecule has 1 aliphatic carbocycles. The summed E-state index contributed by atoms with van der Waals surface area (Å²) in [5, 5.41) is 12.4. The molecule has 1 aliphatic rings. The molecule has 74 valence electrons. The minimum absolute atomic E-state index is 0.0930. The van der Waals surface area contributed by atoms with Crippen molar-refractivity contribution in [2.75, 3.05) is 0 Å². The van der Waals surface area contributed by atoms with E-state index in [1.807, 2.05) is 6.92 Å². The smallest absolute Gasteiger partial charge is 0.0944 e. The van der Waals surface area contributed by atoms with Crippen LogP contribution in [-0.2, 0) is 6.42 Å². The molecule has 1 saturated carbocycles. The van der Waals surface area contributed by atoms with E-state index in [4.69, 9.17) is 0 Å². The number of thiazole rings is 1. The molecule has 0 aliphatic heterocycles. The van der Waals surface area contributed by atoms with Crippen LogP contribution in [-0.4, -0.2) is 4.98 Å². The SMILES string of the molecule is Cc1csc(CC2(C#N)CCCC2)n1. The topological polar surface area (TPSA) is 36.7 Å². The Hall–Kier alpha value is -0.880. The molecule has 0 N–H and O–H groups in total. The molecule has 3 heteroatoms. The fraction of sp³-hybridized carbons (Fsp3) is 0.636. The number of hydrogen-bond acceptors (Lipinski definition) is 3. The standard InChI is InChI=1S/C11H14N2S/c1-9-7-14-10(13-9)6-11(8-12)4-2-3-5-11/h7H,2-6H2,1H3. The van der Waals surface area contributed by atoms with Gasteiger partial charge < -0.3 is 0 Å². The Kier molecular flexibility index (Phi) is 2.56. The van der Waals surface area contributed by atoms with E-state index < -0.39 is 0 Å². The van der Waals surface area contributed by atoms with Gasteiger partial charge in [-0.15, -0.1) is 11.3 Å². The molecule has 1 heterocycles. The van der Waals surface area contributed by atoms with Crippen LogP contribution >= 0.6 is 11.3 Å². The average Bonchev–Trinajstić information content (AvgIpc) is 2.77. The second-order valence-corrected chi connectivity index (χ2v) is 5.10. The highest BCUT2D eigenvalue weighted by Crippen LogP contribution is 2.40. The van der Waals surface area contributed by atoms with Crippen LogP contribution in [0.15, 0.2) is 5.38 Å². The molecule has 0 radical (unpaired) electrons. The molecule has 0 aromatic carbocycles. The van der Waals surface area contributed by atoms with E-state index in [0.717, 1.165) is 30.0 Å². The van der Waals surface area contributed by atoms with E-state index in [1.165, 1.54) is 12.8 Å². The second kappa shape index (κ2) is 3.70. The maximum atomic E-state index is 9.21. The van der Waals surface area contributed by atoms with E-state index in [0.29, 0.717) is 0 Å². The normalized spacial score (nSPS) is 19.4. The highest BCUT2D eigenvalue weighted by molar-refractivity contribution is 7.09. The maximum Gasteiger partial charge on any atom is 0.0944 e. The lowest BCUT2D eigenvalue weighted by Gasteiger charge is -2.17. The fourth-order valence-corrected chi connectivity index (χ4v) is 3.07. The molecular weight excluding hydrogens is 192 g/mol. The summed E-state index contributed by atoms with van der Waals surface area (Å²) in [6.45, 7) is 2.01. The van der Waals surface area contributed by atoms with E-state index in [2.05, 4.69) is 16.4 Å². The number of hydrogen-bond donors (Lipinski definition) is 0. The van der Waals surface area contributed by atoms with E-state index in [-0.39, 0.29) is 5.41 Å². The number of aromatic nitrogens is 1. The Morgan fingerprint density at radius 2 is 2.29 bits per heavy atom. The molecule has 0 atom stereocenters. The second-order valence-electron chi connectivity index (χ2n) is 4.16. The zero-order valence-corrected chi connectivity index (χ0v) is 9.23. The third-order valence-electron chi connectivity index (χ3n) is 2.95. The third kappa shape index (κ3) is 1.80. The lowest BCUT2D eigenvalue weighted by molar-refractivity contribution is 0.407. The third-order valence-corrected chi connectivity index (χ3v) is 3.92. The van der Waals surface area contributed by atoms with E-state index in [9.17, 15) is 5.26 Å². The van der Waals surface area contributed by atoms with Gasteiger partial charge in [-0.2, -0.15) is 5.26 Å². The van der Waals surface area contributed by atoms with E-state index in [1.54, 1.807) is 11.3 Å². The van der Waals surface area contributed by atoms with Gasteiger partial charge in [0.25, 0.3) is 0 Å². The van der Waals surface area contributed by atoms with Crippen LogP contribution in [0.2, 0.25) is 0 Å². The highest BCUT2D eigenvalue weighted by atomic mass is 32.1. The van der Waals surface area contributed by atoms with Crippen molar-refractivity contribution >= 4 is 11.3 Å². The van der Waals surface area contributed by atoms with Gasteiger partial charge in [-0.25, -0.2) is 4.98 Å². The average molecular weight is 206 g/mol. The summed E-state index contributed by atoms with van der Waals surface area (Å²) < 4.78 is 0. The predicted octanol–water partition coefficient (Wildman–Crippen LogP) is 3.08. The van der Waals surface area contributed by atoms with Crippen LogP contribution in [0.5, 0.6) is 0 Å². The summed E-state index contributed by atoms with van der Waals surface area (Å²) in [4.78, 5) is 4.43. The van der Waals surface area contributed by atoms with Gasteiger partial charge in [0.1, 0.15) is 0 Å². The molecule has 0 amide bonds. The van der Waals surface area contributed by atoms with Crippen molar-refractivity contribution in [3.05, 3.63) is 16.1 Å². The summed E-state index contributed by atoms with van der Waals surface area (Å²) in [5.74, 6) is 0. The van der Waals surface area contributed by atoms with Gasteiger partial charge in [0.2, 0.25) is 0 Å². The molecule has 1 aromatic rings. The first-order valence-corrected chi connectivity index (χ1v) is 5.94. The van der Waals surface area contributed by atoms with Crippen molar-refractivity contribution in [1.29, 1.82) is 5.26 Å². The number of nitriles is 1. The van der Waals surface area contributed by atoms with Crippen molar-refractivity contribution in [2.45, 2.75) is 39.0 Å². The summed E-state index contributed by atoms with van der Waals surface area (Å²) in [5.41, 5.74) is 0.987. The zero-order valence-electron chi connectivity index (χ0n) is 8.42. The molecule has 1 aromatic heterocycles. The van der Waals surface area contributed by atoms with Gasteiger partial charge in [0.15, 0.2) is 0 Å². The van der Waals surface area contributed by atoms with Crippen LogP contribution in [0, 0.1) is 23.7 Å². The number of rotatable bonds is 2. The Labute approximate surface area is 88.6 Å². The predicted molar refractivity (Wildman–Crippen MR) is 57.1 cm³/mol. The Morgan fingerprint density at radius 3 is 2.79 bits per heavy atom. The first-order valence-electron chi connectivity index (χ1n) is 5.06. The van der Waals surface area contributed by atoms with Gasteiger partial charge in [-0.1, -0.05) is 12.8 Å². The van der Waals surface area contributed by atoms with Gasteiger partial charge in [0.05, 0.1) is 16.5 Å². The van der Waals surface area contributed by atoms with Crippen molar-refractivity contribution in [2.24, 2.45) is 5.41 Å². The van der Waals surface area contributed by atoms with Crippen LogP contribution in [0.1, 0.15) is 36.4 Å². The number of nitrogens with zero attached hydrogens (tertiary/aromatic N) is 2. The van der Waals surface area contributed by atoms with Crippen molar-refractivity contribution in [3.63, 3.8) is 0 Å². The van der Waals surface area contributed by atoms with Gasteiger partial charge in [0, 0.05) is 17.5 Å². The molecule has 2 nitrogen and oxygen atoms in total. The molecule has 2 rings (SSSR count). The van der Waals surface area contributed by atoms with Gasteiger partial charge in [-0.05, 0) is 19.8 Å². The van der Waals surface area contributed by atoms with Gasteiger partial charge >= 0.3 is 0 Å². The minimum atomic E-state index is -0.0930. The summed E-state index contributed by atoms with van der Waals surface area (Å²) >= 11 is 1.69. The Morgan fingerprint density at radius 1 is 1.57 bits per heavy atom. The molecule has 0 bridgehead atoms. The van der Waals surface area contributed by atoms with Crippen LogP contribution < -0.4 is 0 Å². The summed E-state index contributed by atoms with van der Waals surface area (Å²) in [7, 11) is 0. The van der Waals surface area contributed by atoms with Crippen molar-refractivity contribution < 1.29 is 0 Å². The summed E-state index contributed by atoms with van der Waals surface area (Å²) in [6, 6.07) is 2.50. The van der Waals surface area contributed by atoms with E-state index >= 15 is 0 Å². The largest absolute Gasteiger partial charge is 0.247 e. The molecular formula is C11H14N2S.